The number of imide groups is 1. The van der Waals surface area contributed by atoms with Gasteiger partial charge in [0.25, 0.3) is 5.91 Å². The van der Waals surface area contributed by atoms with E-state index in [-0.39, 0.29) is 17.9 Å². The summed E-state index contributed by atoms with van der Waals surface area (Å²) >= 11 is 0. The maximum atomic E-state index is 13.2. The van der Waals surface area contributed by atoms with Gasteiger partial charge in [-0.1, -0.05) is 31.2 Å². The first-order valence-corrected chi connectivity index (χ1v) is 9.01. The second-order valence-corrected chi connectivity index (χ2v) is 6.87. The Kier molecular flexibility index (Phi) is 5.03. The van der Waals surface area contributed by atoms with E-state index in [4.69, 9.17) is 0 Å². The van der Waals surface area contributed by atoms with E-state index in [2.05, 4.69) is 11.9 Å². The van der Waals surface area contributed by atoms with Crippen LogP contribution in [0.3, 0.4) is 0 Å². The van der Waals surface area contributed by atoms with Crippen molar-refractivity contribution in [3.63, 3.8) is 0 Å². The average molecular weight is 348 g/mol. The zero-order valence-corrected chi connectivity index (χ0v) is 15.7. The number of anilines is 1. The third-order valence-electron chi connectivity index (χ3n) is 5.04. The van der Waals surface area contributed by atoms with Gasteiger partial charge in [-0.2, -0.15) is 0 Å². The molecule has 1 aliphatic heterocycles. The molecule has 134 valence electrons. The smallest absolute Gasteiger partial charge is 0.265 e. The summed E-state index contributed by atoms with van der Waals surface area (Å²) in [7, 11) is 0. The molecule has 1 aliphatic rings. The van der Waals surface area contributed by atoms with Gasteiger partial charge in [0.1, 0.15) is 0 Å². The van der Waals surface area contributed by atoms with Crippen LogP contribution in [0.1, 0.15) is 53.2 Å². The zero-order valence-electron chi connectivity index (χ0n) is 15.7. The Morgan fingerprint density at radius 1 is 1.12 bits per heavy atom. The minimum Gasteiger partial charge on any atom is -0.293 e. The molecule has 0 spiro atoms. The van der Waals surface area contributed by atoms with Crippen LogP contribution in [-0.2, 0) is 4.79 Å². The number of carbonyl (C=O) groups is 2. The predicted molar refractivity (Wildman–Crippen MR) is 105 cm³/mol. The molecule has 0 saturated heterocycles. The quantitative estimate of drug-likeness (QED) is 0.606. The molecule has 0 N–H and O–H groups in total. The van der Waals surface area contributed by atoms with Crippen LogP contribution in [0.2, 0.25) is 0 Å². The average Bonchev–Trinajstić information content (AvgIpc) is 2.64. The van der Waals surface area contributed by atoms with Crippen LogP contribution >= 0.6 is 0 Å². The van der Waals surface area contributed by atoms with Gasteiger partial charge in [0.2, 0.25) is 5.91 Å². The molecular formula is C22H24N2O2. The normalized spacial score (nSPS) is 18.3. The number of aliphatic imine (C=N–C) groups is 1. The summed E-state index contributed by atoms with van der Waals surface area (Å²) in [6.45, 7) is 8.06. The molecule has 1 unspecified atom stereocenters. The maximum absolute atomic E-state index is 13.2. The fourth-order valence-corrected chi connectivity index (χ4v) is 3.05. The lowest BCUT2D eigenvalue weighted by atomic mass is 9.88. The molecule has 1 heterocycles. The number of benzene rings is 2. The summed E-state index contributed by atoms with van der Waals surface area (Å²) in [6.07, 6.45) is 2.61. The largest absolute Gasteiger partial charge is 0.293 e. The van der Waals surface area contributed by atoms with Gasteiger partial charge >= 0.3 is 0 Å². The van der Waals surface area contributed by atoms with Crippen molar-refractivity contribution in [2.24, 2.45) is 4.99 Å². The molecular weight excluding hydrogens is 324 g/mol. The summed E-state index contributed by atoms with van der Waals surface area (Å²) in [5.74, 6) is -1.06. The van der Waals surface area contributed by atoms with Gasteiger partial charge in [-0.15, -0.1) is 0 Å². The highest BCUT2D eigenvalue weighted by atomic mass is 16.2. The van der Waals surface area contributed by atoms with Crippen molar-refractivity contribution < 1.29 is 9.59 Å². The standard InChI is InChI=1S/C22H24N2O2/c1-5-16(4)23-13-20-18-8-6-7-9-19(18)21(25)24(22(20)26)17-11-10-14(2)15(3)12-17/h6-13,16,20H,5H2,1-4H3/t16-,20?/m1/s1. The molecule has 0 aliphatic carbocycles. The Morgan fingerprint density at radius 2 is 1.85 bits per heavy atom. The number of nitrogens with zero attached hydrogens (tertiary/aromatic N) is 2. The van der Waals surface area contributed by atoms with E-state index in [1.54, 1.807) is 12.3 Å². The van der Waals surface area contributed by atoms with Crippen molar-refractivity contribution in [2.45, 2.75) is 46.1 Å². The van der Waals surface area contributed by atoms with Crippen LogP contribution in [0, 0.1) is 13.8 Å². The number of fused-ring (bicyclic) bond motifs is 1. The van der Waals surface area contributed by atoms with Gasteiger partial charge in [0, 0.05) is 17.8 Å². The lowest BCUT2D eigenvalue weighted by Gasteiger charge is -2.31. The highest BCUT2D eigenvalue weighted by Crippen LogP contribution is 2.32. The Hall–Kier alpha value is -2.75. The van der Waals surface area contributed by atoms with Crippen LogP contribution in [-0.4, -0.2) is 24.1 Å². The Balaban J connectivity index is 2.10. The fraction of sp³-hybridized carbons (Fsp3) is 0.318. The van der Waals surface area contributed by atoms with Crippen molar-refractivity contribution in [2.75, 3.05) is 4.90 Å². The van der Waals surface area contributed by atoms with E-state index in [9.17, 15) is 9.59 Å². The van der Waals surface area contributed by atoms with E-state index >= 15 is 0 Å². The second-order valence-electron chi connectivity index (χ2n) is 6.87. The zero-order chi connectivity index (χ0) is 18.8. The van der Waals surface area contributed by atoms with E-state index in [1.807, 2.05) is 57.2 Å². The Morgan fingerprint density at radius 3 is 2.54 bits per heavy atom. The van der Waals surface area contributed by atoms with Crippen molar-refractivity contribution in [1.29, 1.82) is 0 Å². The van der Waals surface area contributed by atoms with E-state index in [0.717, 1.165) is 23.1 Å². The first kappa shape index (κ1) is 18.1. The summed E-state index contributed by atoms with van der Waals surface area (Å²) < 4.78 is 0. The summed E-state index contributed by atoms with van der Waals surface area (Å²) in [5, 5.41) is 0. The monoisotopic (exact) mass is 348 g/mol. The van der Waals surface area contributed by atoms with Crippen molar-refractivity contribution in [3.8, 4) is 0 Å². The molecule has 2 amide bonds. The van der Waals surface area contributed by atoms with Gasteiger partial charge in [0.15, 0.2) is 0 Å². The summed E-state index contributed by atoms with van der Waals surface area (Å²) in [5.41, 5.74) is 4.08. The second kappa shape index (κ2) is 7.24. The highest BCUT2D eigenvalue weighted by Gasteiger charge is 2.38. The van der Waals surface area contributed by atoms with Gasteiger partial charge in [-0.3, -0.25) is 14.6 Å². The molecule has 4 nitrogen and oxygen atoms in total. The molecule has 2 aromatic rings. The number of hydrogen-bond donors (Lipinski definition) is 0. The first-order valence-electron chi connectivity index (χ1n) is 9.01. The van der Waals surface area contributed by atoms with Crippen molar-refractivity contribution >= 4 is 23.7 Å². The maximum Gasteiger partial charge on any atom is 0.265 e. The van der Waals surface area contributed by atoms with Gasteiger partial charge in [-0.25, -0.2) is 4.90 Å². The Bertz CT molecular complexity index is 885. The van der Waals surface area contributed by atoms with Crippen LogP contribution in [0.5, 0.6) is 0 Å². The van der Waals surface area contributed by atoms with Crippen LogP contribution in [0.25, 0.3) is 0 Å². The SMILES string of the molecule is CC[C@@H](C)N=CC1C(=O)N(c2ccc(C)c(C)c2)C(=O)c2ccccc21. The van der Waals surface area contributed by atoms with Crippen molar-refractivity contribution in [1.82, 2.24) is 0 Å². The third kappa shape index (κ3) is 3.19. The van der Waals surface area contributed by atoms with E-state index < -0.39 is 5.92 Å². The molecule has 0 radical (unpaired) electrons. The minimum atomic E-state index is -0.542. The van der Waals surface area contributed by atoms with Gasteiger partial charge in [0.05, 0.1) is 11.6 Å². The molecule has 0 aromatic heterocycles. The third-order valence-corrected chi connectivity index (χ3v) is 5.04. The van der Waals surface area contributed by atoms with Crippen LogP contribution in [0.15, 0.2) is 47.5 Å². The van der Waals surface area contributed by atoms with E-state index in [1.165, 1.54) is 4.90 Å². The number of amides is 2. The van der Waals surface area contributed by atoms with Gasteiger partial charge < -0.3 is 0 Å². The minimum absolute atomic E-state index is 0.141. The molecule has 0 saturated carbocycles. The highest BCUT2D eigenvalue weighted by molar-refractivity contribution is 6.29. The number of carbonyl (C=O) groups excluding carboxylic acids is 2. The number of rotatable bonds is 4. The summed E-state index contributed by atoms with van der Waals surface area (Å²) in [4.78, 5) is 32.0. The lowest BCUT2D eigenvalue weighted by molar-refractivity contribution is -0.118. The Labute approximate surface area is 154 Å². The number of hydrogen-bond acceptors (Lipinski definition) is 3. The topological polar surface area (TPSA) is 49.7 Å². The molecule has 26 heavy (non-hydrogen) atoms. The van der Waals surface area contributed by atoms with Crippen LogP contribution < -0.4 is 4.90 Å². The summed E-state index contributed by atoms with van der Waals surface area (Å²) in [6, 6.07) is 13.1. The molecule has 0 fully saturated rings. The molecule has 0 bridgehead atoms. The molecule has 2 aromatic carbocycles. The molecule has 2 atom stereocenters. The first-order chi connectivity index (χ1) is 12.4. The lowest BCUT2D eigenvalue weighted by Crippen LogP contribution is -2.45. The molecule has 4 heteroatoms. The van der Waals surface area contributed by atoms with Crippen molar-refractivity contribution in [3.05, 3.63) is 64.7 Å². The number of aryl methyl sites for hydroxylation is 2. The van der Waals surface area contributed by atoms with E-state index in [0.29, 0.717) is 11.3 Å². The molecule has 3 rings (SSSR count). The van der Waals surface area contributed by atoms with Crippen LogP contribution in [0.4, 0.5) is 5.69 Å². The van der Waals surface area contributed by atoms with Gasteiger partial charge in [-0.05, 0) is 62.1 Å². The predicted octanol–water partition coefficient (Wildman–Crippen LogP) is 4.44. The fourth-order valence-electron chi connectivity index (χ4n) is 3.05.